The molecule has 15 heavy (non-hydrogen) atoms. The zero-order valence-electron chi connectivity index (χ0n) is 8.70. The molecule has 0 aliphatic rings. The lowest BCUT2D eigenvalue weighted by atomic mass is 10.1. The number of aromatic nitrogens is 3. The van der Waals surface area contributed by atoms with E-state index < -0.39 is 0 Å². The van der Waals surface area contributed by atoms with Crippen molar-refractivity contribution in [2.24, 2.45) is 5.73 Å². The van der Waals surface area contributed by atoms with Gasteiger partial charge in [0, 0.05) is 5.56 Å². The molecule has 0 fully saturated rings. The first-order chi connectivity index (χ1) is 7.33. The third-order valence-electron chi connectivity index (χ3n) is 2.35. The number of aryl methyl sites for hydroxylation is 1. The molecule has 1 aromatic heterocycles. The SMILES string of the molecule is CCc1ccc(-c2n[nH]c(CN)n2)cc1. The Morgan fingerprint density at radius 3 is 2.53 bits per heavy atom. The van der Waals surface area contributed by atoms with E-state index in [1.807, 2.05) is 12.1 Å². The molecule has 1 heterocycles. The van der Waals surface area contributed by atoms with Crippen molar-refractivity contribution in [3.8, 4) is 11.4 Å². The van der Waals surface area contributed by atoms with Crippen LogP contribution in [0.1, 0.15) is 18.3 Å². The van der Waals surface area contributed by atoms with Crippen LogP contribution in [0.2, 0.25) is 0 Å². The summed E-state index contributed by atoms with van der Waals surface area (Å²) in [4.78, 5) is 4.26. The zero-order chi connectivity index (χ0) is 10.7. The van der Waals surface area contributed by atoms with Crippen LogP contribution in [0.15, 0.2) is 24.3 Å². The van der Waals surface area contributed by atoms with Gasteiger partial charge < -0.3 is 5.73 Å². The number of nitrogens with two attached hydrogens (primary N) is 1. The van der Waals surface area contributed by atoms with Gasteiger partial charge in [-0.25, -0.2) is 4.98 Å². The second kappa shape index (κ2) is 4.23. The molecule has 0 unspecified atom stereocenters. The molecular weight excluding hydrogens is 188 g/mol. The molecule has 1 aromatic carbocycles. The predicted octanol–water partition coefficient (Wildman–Crippen LogP) is 1.49. The third kappa shape index (κ3) is 2.05. The van der Waals surface area contributed by atoms with Gasteiger partial charge in [-0.3, -0.25) is 5.10 Å². The number of nitrogens with one attached hydrogen (secondary N) is 1. The topological polar surface area (TPSA) is 67.6 Å². The van der Waals surface area contributed by atoms with Crippen LogP contribution in [0.25, 0.3) is 11.4 Å². The summed E-state index contributed by atoms with van der Waals surface area (Å²) in [5.74, 6) is 1.42. The van der Waals surface area contributed by atoms with Crippen LogP contribution in [0.3, 0.4) is 0 Å². The van der Waals surface area contributed by atoms with Crippen LogP contribution in [0.5, 0.6) is 0 Å². The van der Waals surface area contributed by atoms with Crippen molar-refractivity contribution in [3.05, 3.63) is 35.7 Å². The molecule has 0 aliphatic heterocycles. The fourth-order valence-corrected chi connectivity index (χ4v) is 1.41. The average molecular weight is 202 g/mol. The largest absolute Gasteiger partial charge is 0.324 e. The maximum absolute atomic E-state index is 5.45. The minimum atomic E-state index is 0.389. The summed E-state index contributed by atoms with van der Waals surface area (Å²) in [6.07, 6.45) is 1.04. The van der Waals surface area contributed by atoms with E-state index in [2.05, 4.69) is 34.2 Å². The Morgan fingerprint density at radius 2 is 2.00 bits per heavy atom. The molecule has 4 heteroatoms. The first-order valence-corrected chi connectivity index (χ1v) is 5.04. The maximum atomic E-state index is 5.45. The van der Waals surface area contributed by atoms with Crippen LogP contribution in [0.4, 0.5) is 0 Å². The first kappa shape index (κ1) is 9.86. The lowest BCUT2D eigenvalue weighted by Gasteiger charge is -1.97. The van der Waals surface area contributed by atoms with E-state index in [0.717, 1.165) is 12.0 Å². The summed E-state index contributed by atoms with van der Waals surface area (Å²) in [6.45, 7) is 2.52. The number of nitrogens with zero attached hydrogens (tertiary/aromatic N) is 2. The molecule has 0 radical (unpaired) electrons. The van der Waals surface area contributed by atoms with Crippen molar-refractivity contribution in [1.82, 2.24) is 15.2 Å². The number of rotatable bonds is 3. The van der Waals surface area contributed by atoms with Crippen LogP contribution in [-0.4, -0.2) is 15.2 Å². The van der Waals surface area contributed by atoms with E-state index >= 15 is 0 Å². The molecule has 0 saturated heterocycles. The average Bonchev–Trinajstić information content (AvgIpc) is 2.78. The molecule has 3 N–H and O–H groups in total. The molecular formula is C11H14N4. The van der Waals surface area contributed by atoms with Gasteiger partial charge in [-0.2, -0.15) is 5.10 Å². The van der Waals surface area contributed by atoms with Gasteiger partial charge in [-0.15, -0.1) is 0 Å². The molecule has 4 nitrogen and oxygen atoms in total. The zero-order valence-corrected chi connectivity index (χ0v) is 8.70. The minimum absolute atomic E-state index is 0.389. The van der Waals surface area contributed by atoms with Gasteiger partial charge in [0.05, 0.1) is 6.54 Å². The number of hydrogen-bond acceptors (Lipinski definition) is 3. The molecule has 0 bridgehead atoms. The normalized spacial score (nSPS) is 10.5. The third-order valence-corrected chi connectivity index (χ3v) is 2.35. The minimum Gasteiger partial charge on any atom is -0.324 e. The molecule has 0 saturated carbocycles. The van der Waals surface area contributed by atoms with Crippen molar-refractivity contribution < 1.29 is 0 Å². The van der Waals surface area contributed by atoms with E-state index in [9.17, 15) is 0 Å². The van der Waals surface area contributed by atoms with Gasteiger partial charge in [0.25, 0.3) is 0 Å². The van der Waals surface area contributed by atoms with Crippen molar-refractivity contribution in [3.63, 3.8) is 0 Å². The molecule has 0 aliphatic carbocycles. The Labute approximate surface area is 88.5 Å². The van der Waals surface area contributed by atoms with E-state index in [-0.39, 0.29) is 0 Å². The summed E-state index contributed by atoms with van der Waals surface area (Å²) >= 11 is 0. The van der Waals surface area contributed by atoms with Crippen LogP contribution >= 0.6 is 0 Å². The van der Waals surface area contributed by atoms with Crippen molar-refractivity contribution in [2.75, 3.05) is 0 Å². The monoisotopic (exact) mass is 202 g/mol. The second-order valence-corrected chi connectivity index (χ2v) is 3.36. The van der Waals surface area contributed by atoms with E-state index in [0.29, 0.717) is 18.2 Å². The number of aromatic amines is 1. The van der Waals surface area contributed by atoms with E-state index in [1.54, 1.807) is 0 Å². The lowest BCUT2D eigenvalue weighted by molar-refractivity contribution is 0.917. The molecule has 0 spiro atoms. The second-order valence-electron chi connectivity index (χ2n) is 3.36. The fraction of sp³-hybridized carbons (Fsp3) is 0.273. The lowest BCUT2D eigenvalue weighted by Crippen LogP contribution is -1.97. The summed E-state index contributed by atoms with van der Waals surface area (Å²) in [7, 11) is 0. The Hall–Kier alpha value is -1.68. The van der Waals surface area contributed by atoms with Gasteiger partial charge in [-0.1, -0.05) is 31.2 Å². The first-order valence-electron chi connectivity index (χ1n) is 5.04. The van der Waals surface area contributed by atoms with E-state index in [4.69, 9.17) is 5.73 Å². The standard InChI is InChI=1S/C11H14N4/c1-2-8-3-5-9(6-4-8)11-13-10(7-12)14-15-11/h3-6H,2,7,12H2,1H3,(H,13,14,15). The predicted molar refractivity (Wildman–Crippen MR) is 59.1 cm³/mol. The number of H-pyrrole nitrogens is 1. The van der Waals surface area contributed by atoms with Gasteiger partial charge in [0.2, 0.25) is 0 Å². The molecule has 0 atom stereocenters. The highest BCUT2D eigenvalue weighted by molar-refractivity contribution is 5.54. The Kier molecular flexibility index (Phi) is 2.78. The number of benzene rings is 1. The van der Waals surface area contributed by atoms with Gasteiger partial charge >= 0.3 is 0 Å². The van der Waals surface area contributed by atoms with Crippen molar-refractivity contribution >= 4 is 0 Å². The van der Waals surface area contributed by atoms with Gasteiger partial charge in [0.1, 0.15) is 5.82 Å². The quantitative estimate of drug-likeness (QED) is 0.792. The number of hydrogen-bond donors (Lipinski definition) is 2. The smallest absolute Gasteiger partial charge is 0.181 e. The highest BCUT2D eigenvalue weighted by Gasteiger charge is 2.03. The Balaban J connectivity index is 2.28. The highest BCUT2D eigenvalue weighted by Crippen LogP contribution is 2.15. The Morgan fingerprint density at radius 1 is 1.27 bits per heavy atom. The Bertz CT molecular complexity index is 430. The van der Waals surface area contributed by atoms with E-state index in [1.165, 1.54) is 5.56 Å². The summed E-state index contributed by atoms with van der Waals surface area (Å²) in [6, 6.07) is 8.24. The van der Waals surface area contributed by atoms with Crippen molar-refractivity contribution in [1.29, 1.82) is 0 Å². The van der Waals surface area contributed by atoms with Crippen LogP contribution in [0, 0.1) is 0 Å². The van der Waals surface area contributed by atoms with Gasteiger partial charge in [0.15, 0.2) is 5.82 Å². The van der Waals surface area contributed by atoms with Crippen molar-refractivity contribution in [2.45, 2.75) is 19.9 Å². The summed E-state index contributed by atoms with van der Waals surface area (Å²) < 4.78 is 0. The van der Waals surface area contributed by atoms with Crippen LogP contribution < -0.4 is 5.73 Å². The summed E-state index contributed by atoms with van der Waals surface area (Å²) in [5, 5.41) is 6.89. The molecule has 2 aromatic rings. The molecule has 0 amide bonds. The maximum Gasteiger partial charge on any atom is 0.181 e. The highest BCUT2D eigenvalue weighted by atomic mass is 15.2. The van der Waals surface area contributed by atoms with Gasteiger partial charge in [-0.05, 0) is 12.0 Å². The molecule has 2 rings (SSSR count). The van der Waals surface area contributed by atoms with Crippen LogP contribution in [-0.2, 0) is 13.0 Å². The molecule has 78 valence electrons. The summed E-state index contributed by atoms with van der Waals surface area (Å²) in [5.41, 5.74) is 7.78. The fourth-order valence-electron chi connectivity index (χ4n) is 1.41.